The third-order valence-corrected chi connectivity index (χ3v) is 6.85. The predicted molar refractivity (Wildman–Crippen MR) is 139 cm³/mol. The number of amides is 2. The number of anilines is 1. The summed E-state index contributed by atoms with van der Waals surface area (Å²) in [6.07, 6.45) is 1.58. The molecule has 0 aliphatic heterocycles. The number of methoxy groups -OCH3 is 1. The maximum absolute atomic E-state index is 13.3. The highest BCUT2D eigenvalue weighted by atomic mass is 32.2. The van der Waals surface area contributed by atoms with Crippen molar-refractivity contribution in [1.29, 1.82) is 0 Å². The Morgan fingerprint density at radius 3 is 2.31 bits per heavy atom. The van der Waals surface area contributed by atoms with Gasteiger partial charge in [0.2, 0.25) is 21.8 Å². The lowest BCUT2D eigenvalue weighted by atomic mass is 10.1. The number of hydrogen-bond acceptors (Lipinski definition) is 5. The van der Waals surface area contributed by atoms with Crippen LogP contribution in [0, 0.1) is 13.8 Å². The minimum absolute atomic E-state index is 0.102. The molecule has 0 spiro atoms. The second-order valence-corrected chi connectivity index (χ2v) is 10.6. The summed E-state index contributed by atoms with van der Waals surface area (Å²) in [5.74, 6) is 0.204. The number of hydrogen-bond donors (Lipinski definition) is 1. The summed E-state index contributed by atoms with van der Waals surface area (Å²) in [7, 11) is -1.96. The van der Waals surface area contributed by atoms with Gasteiger partial charge in [0, 0.05) is 26.1 Å². The van der Waals surface area contributed by atoms with E-state index < -0.39 is 16.1 Å². The maximum Gasteiger partial charge on any atom is 0.242 e. The van der Waals surface area contributed by atoms with Gasteiger partial charge >= 0.3 is 0 Å². The van der Waals surface area contributed by atoms with Crippen LogP contribution in [0.25, 0.3) is 0 Å². The Labute approximate surface area is 209 Å². The van der Waals surface area contributed by atoms with E-state index in [1.807, 2.05) is 63.2 Å². The molecule has 0 heterocycles. The van der Waals surface area contributed by atoms with Crippen molar-refractivity contribution in [2.45, 2.75) is 53.1 Å². The number of rotatable bonds is 12. The fraction of sp³-hybridized carbons (Fsp3) is 0.462. The molecule has 1 atom stereocenters. The first-order valence-corrected chi connectivity index (χ1v) is 13.6. The van der Waals surface area contributed by atoms with Crippen molar-refractivity contribution in [1.82, 2.24) is 10.2 Å². The number of nitrogens with zero attached hydrogens (tertiary/aromatic N) is 2. The highest BCUT2D eigenvalue weighted by molar-refractivity contribution is 7.92. The van der Waals surface area contributed by atoms with Crippen LogP contribution in [0.3, 0.4) is 0 Å². The second-order valence-electron chi connectivity index (χ2n) is 8.73. The van der Waals surface area contributed by atoms with E-state index in [4.69, 9.17) is 4.74 Å². The molecule has 2 rings (SSSR count). The van der Waals surface area contributed by atoms with E-state index in [0.29, 0.717) is 24.4 Å². The van der Waals surface area contributed by atoms with Crippen LogP contribution in [0.4, 0.5) is 5.69 Å². The van der Waals surface area contributed by atoms with Crippen molar-refractivity contribution in [2.75, 3.05) is 30.8 Å². The van der Waals surface area contributed by atoms with Gasteiger partial charge in [-0.05, 0) is 75.1 Å². The van der Waals surface area contributed by atoms with Gasteiger partial charge in [0.05, 0.1) is 19.1 Å². The summed E-state index contributed by atoms with van der Waals surface area (Å²) >= 11 is 0. The molecule has 0 fully saturated rings. The van der Waals surface area contributed by atoms with Crippen LogP contribution >= 0.6 is 0 Å². The number of sulfonamides is 1. The summed E-state index contributed by atoms with van der Waals surface area (Å²) in [6.45, 7) is 8.22. The molecule has 0 aliphatic rings. The van der Waals surface area contributed by atoms with Gasteiger partial charge in [0.1, 0.15) is 11.8 Å². The number of nitrogens with one attached hydrogen (secondary N) is 1. The molecule has 2 aromatic rings. The topological polar surface area (TPSA) is 96.0 Å². The number of carbonyl (C=O) groups is 2. The lowest BCUT2D eigenvalue weighted by Gasteiger charge is -2.29. The summed E-state index contributed by atoms with van der Waals surface area (Å²) in [5, 5.41) is 2.77. The zero-order valence-corrected chi connectivity index (χ0v) is 22.3. The fourth-order valence-corrected chi connectivity index (χ4v) is 4.92. The average Bonchev–Trinajstić information content (AvgIpc) is 2.78. The van der Waals surface area contributed by atoms with Gasteiger partial charge < -0.3 is 15.0 Å². The number of benzene rings is 2. The molecule has 0 bridgehead atoms. The number of likely N-dealkylation sites (N-methyl/N-ethyl adjacent to an activating group) is 1. The number of aryl methyl sites for hydroxylation is 2. The largest absolute Gasteiger partial charge is 0.497 e. The highest BCUT2D eigenvalue weighted by Crippen LogP contribution is 2.22. The first-order chi connectivity index (χ1) is 16.5. The molecule has 0 saturated heterocycles. The summed E-state index contributed by atoms with van der Waals surface area (Å²) in [4.78, 5) is 27.4. The Bertz CT molecular complexity index is 1110. The summed E-state index contributed by atoms with van der Waals surface area (Å²) in [5.41, 5.74) is 3.35. The second kappa shape index (κ2) is 12.6. The van der Waals surface area contributed by atoms with E-state index in [0.717, 1.165) is 16.7 Å². The molecular weight excluding hydrogens is 466 g/mol. The van der Waals surface area contributed by atoms with Crippen LogP contribution in [-0.2, 0) is 26.2 Å². The van der Waals surface area contributed by atoms with Crippen molar-refractivity contribution in [3.05, 3.63) is 59.2 Å². The maximum atomic E-state index is 13.3. The first kappa shape index (κ1) is 28.2. The van der Waals surface area contributed by atoms with Crippen LogP contribution in [0.2, 0.25) is 0 Å². The molecule has 2 aromatic carbocycles. The van der Waals surface area contributed by atoms with Crippen molar-refractivity contribution in [3.63, 3.8) is 0 Å². The molecular formula is C26H37N3O5S. The van der Waals surface area contributed by atoms with Gasteiger partial charge in [-0.25, -0.2) is 8.42 Å². The Kier molecular flexibility index (Phi) is 10.1. The minimum atomic E-state index is -3.53. The van der Waals surface area contributed by atoms with E-state index in [2.05, 4.69) is 5.32 Å². The molecule has 0 radical (unpaired) electrons. The molecule has 9 heteroatoms. The quantitative estimate of drug-likeness (QED) is 0.479. The van der Waals surface area contributed by atoms with Crippen LogP contribution in [0.1, 0.15) is 43.4 Å². The molecule has 1 N–H and O–H groups in total. The van der Waals surface area contributed by atoms with E-state index in [1.165, 1.54) is 15.5 Å². The summed E-state index contributed by atoms with van der Waals surface area (Å²) in [6, 6.07) is 12.3. The lowest BCUT2D eigenvalue weighted by molar-refractivity contribution is -0.140. The van der Waals surface area contributed by atoms with Crippen LogP contribution < -0.4 is 14.4 Å². The van der Waals surface area contributed by atoms with E-state index in [1.54, 1.807) is 14.0 Å². The molecule has 0 aromatic heterocycles. The third-order valence-electron chi connectivity index (χ3n) is 5.65. The standard InChI is InChI=1S/C26H37N3O5S/c1-7-27-26(31)21(4)28(18-22-10-8-11-24(17-22)34-5)25(30)12-9-13-29(35(6,32)33)23-15-19(2)14-20(3)16-23/h8,10-11,14-17,21H,7,9,12-13,18H2,1-6H3,(H,27,31)/t21-/m1/s1. The normalized spacial score (nSPS) is 12.1. The highest BCUT2D eigenvalue weighted by Gasteiger charge is 2.26. The molecule has 0 unspecified atom stereocenters. The van der Waals surface area contributed by atoms with Gasteiger partial charge in [-0.2, -0.15) is 0 Å². The average molecular weight is 504 g/mol. The molecule has 8 nitrogen and oxygen atoms in total. The first-order valence-electron chi connectivity index (χ1n) is 11.7. The van der Waals surface area contributed by atoms with E-state index in [9.17, 15) is 18.0 Å². The van der Waals surface area contributed by atoms with E-state index in [-0.39, 0.29) is 31.3 Å². The number of carbonyl (C=O) groups excluding carboxylic acids is 2. The predicted octanol–water partition coefficient (Wildman–Crippen LogP) is 3.41. The van der Waals surface area contributed by atoms with Gasteiger partial charge in [-0.3, -0.25) is 13.9 Å². The van der Waals surface area contributed by atoms with Crippen molar-refractivity contribution >= 4 is 27.5 Å². The van der Waals surface area contributed by atoms with Crippen molar-refractivity contribution < 1.29 is 22.7 Å². The Morgan fingerprint density at radius 2 is 1.74 bits per heavy atom. The van der Waals surface area contributed by atoms with Gasteiger partial charge in [-0.15, -0.1) is 0 Å². The number of ether oxygens (including phenoxy) is 1. The monoisotopic (exact) mass is 503 g/mol. The lowest BCUT2D eigenvalue weighted by Crippen LogP contribution is -2.47. The molecule has 35 heavy (non-hydrogen) atoms. The SMILES string of the molecule is CCNC(=O)[C@@H](C)N(Cc1cccc(OC)c1)C(=O)CCCN(c1cc(C)cc(C)c1)S(C)(=O)=O. The molecule has 192 valence electrons. The smallest absolute Gasteiger partial charge is 0.242 e. The zero-order valence-electron chi connectivity index (χ0n) is 21.5. The van der Waals surface area contributed by atoms with Gasteiger partial charge in [0.15, 0.2) is 0 Å². The van der Waals surface area contributed by atoms with Crippen molar-refractivity contribution in [2.24, 2.45) is 0 Å². The molecule has 0 saturated carbocycles. The third kappa shape index (κ3) is 8.28. The van der Waals surface area contributed by atoms with E-state index >= 15 is 0 Å². The van der Waals surface area contributed by atoms with Gasteiger partial charge in [-0.1, -0.05) is 18.2 Å². The minimum Gasteiger partial charge on any atom is -0.497 e. The Morgan fingerprint density at radius 1 is 1.09 bits per heavy atom. The summed E-state index contributed by atoms with van der Waals surface area (Å²) < 4.78 is 31.6. The van der Waals surface area contributed by atoms with Crippen LogP contribution in [0.15, 0.2) is 42.5 Å². The Balaban J connectivity index is 2.20. The molecule has 0 aliphatic carbocycles. The molecule has 2 amide bonds. The van der Waals surface area contributed by atoms with Crippen LogP contribution in [-0.4, -0.2) is 57.6 Å². The fourth-order valence-electron chi connectivity index (χ4n) is 3.97. The van der Waals surface area contributed by atoms with Crippen LogP contribution in [0.5, 0.6) is 5.75 Å². The van der Waals surface area contributed by atoms with Crippen molar-refractivity contribution in [3.8, 4) is 5.75 Å². The zero-order chi connectivity index (χ0) is 26.2. The van der Waals surface area contributed by atoms with Gasteiger partial charge in [0.25, 0.3) is 0 Å². The Hall–Kier alpha value is -3.07.